The molecule has 3 rings (SSSR count). The molecule has 2 aliphatic heterocycles. The van der Waals surface area contributed by atoms with Crippen LogP contribution in [0.3, 0.4) is 0 Å². The van der Waals surface area contributed by atoms with Crippen molar-refractivity contribution >= 4 is 12.3 Å². The second-order valence-corrected chi connectivity index (χ2v) is 9.69. The molecule has 1 saturated carbocycles. The predicted molar refractivity (Wildman–Crippen MR) is 109 cm³/mol. The fourth-order valence-corrected chi connectivity index (χ4v) is 4.79. The van der Waals surface area contributed by atoms with E-state index in [9.17, 15) is 9.59 Å². The standard InChI is InChI=1S/C22H38N2O5/c1-21(2,3)29-20(26)22(23-12-5-6-13-23,24-14-11-19(15-24)27-4)28-18-9-7-17(16-25)8-10-18/h16-19H,5-15H2,1-4H3/t17?,18?,19-,22?/m1/s1. The molecule has 3 fully saturated rings. The van der Waals surface area contributed by atoms with E-state index in [-0.39, 0.29) is 24.1 Å². The van der Waals surface area contributed by atoms with Crippen LogP contribution in [-0.2, 0) is 23.8 Å². The fraction of sp³-hybridized carbons (Fsp3) is 0.909. The van der Waals surface area contributed by atoms with Gasteiger partial charge in [-0.25, -0.2) is 4.79 Å². The molecule has 0 aromatic rings. The molecule has 0 amide bonds. The van der Waals surface area contributed by atoms with Gasteiger partial charge in [0, 0.05) is 39.2 Å². The Balaban J connectivity index is 1.90. The molecule has 0 N–H and O–H groups in total. The van der Waals surface area contributed by atoms with E-state index < -0.39 is 11.4 Å². The third kappa shape index (κ3) is 5.19. The van der Waals surface area contributed by atoms with Crippen molar-refractivity contribution in [2.24, 2.45) is 5.92 Å². The summed E-state index contributed by atoms with van der Waals surface area (Å²) in [6.07, 6.45) is 7.29. The molecule has 2 atom stereocenters. The molecular weight excluding hydrogens is 372 g/mol. The van der Waals surface area contributed by atoms with Gasteiger partial charge in [0.1, 0.15) is 11.9 Å². The highest BCUT2D eigenvalue weighted by molar-refractivity contribution is 5.79. The van der Waals surface area contributed by atoms with Gasteiger partial charge in [-0.1, -0.05) is 0 Å². The largest absolute Gasteiger partial charge is 0.456 e. The Kier molecular flexibility index (Phi) is 7.36. The maximum absolute atomic E-state index is 13.7. The van der Waals surface area contributed by atoms with Crippen LogP contribution in [0.2, 0.25) is 0 Å². The van der Waals surface area contributed by atoms with Crippen molar-refractivity contribution in [3.63, 3.8) is 0 Å². The average molecular weight is 411 g/mol. The lowest BCUT2D eigenvalue weighted by atomic mass is 9.88. The van der Waals surface area contributed by atoms with Crippen LogP contribution in [0.5, 0.6) is 0 Å². The topological polar surface area (TPSA) is 68.3 Å². The number of hydrogen-bond acceptors (Lipinski definition) is 7. The second-order valence-electron chi connectivity index (χ2n) is 9.69. The first kappa shape index (κ1) is 22.7. The van der Waals surface area contributed by atoms with E-state index in [1.54, 1.807) is 7.11 Å². The third-order valence-corrected chi connectivity index (χ3v) is 6.35. The van der Waals surface area contributed by atoms with Crippen molar-refractivity contribution in [1.29, 1.82) is 0 Å². The minimum absolute atomic E-state index is 0.0547. The molecule has 0 aromatic carbocycles. The van der Waals surface area contributed by atoms with Crippen LogP contribution in [0.15, 0.2) is 0 Å². The van der Waals surface area contributed by atoms with E-state index in [0.717, 1.165) is 70.9 Å². The molecule has 0 spiro atoms. The lowest BCUT2D eigenvalue weighted by Gasteiger charge is -2.48. The first-order valence-corrected chi connectivity index (χ1v) is 11.2. The zero-order valence-corrected chi connectivity index (χ0v) is 18.5. The highest BCUT2D eigenvalue weighted by Gasteiger charge is 2.56. The Labute approximate surface area is 175 Å². The number of methoxy groups -OCH3 is 1. The Hall–Kier alpha value is -1.02. The summed E-state index contributed by atoms with van der Waals surface area (Å²) < 4.78 is 18.3. The van der Waals surface area contributed by atoms with Gasteiger partial charge in [0.2, 0.25) is 0 Å². The van der Waals surface area contributed by atoms with Gasteiger partial charge in [-0.05, 0) is 65.7 Å². The average Bonchev–Trinajstić information content (AvgIpc) is 3.37. The Bertz CT molecular complexity index is 564. The minimum Gasteiger partial charge on any atom is -0.456 e. The number of likely N-dealkylation sites (tertiary alicyclic amines) is 2. The highest BCUT2D eigenvalue weighted by atomic mass is 16.6. The van der Waals surface area contributed by atoms with Crippen LogP contribution in [0, 0.1) is 5.92 Å². The summed E-state index contributed by atoms with van der Waals surface area (Å²) in [7, 11) is 1.72. The van der Waals surface area contributed by atoms with Crippen LogP contribution in [0.1, 0.15) is 65.7 Å². The van der Waals surface area contributed by atoms with Crippen molar-refractivity contribution in [3.05, 3.63) is 0 Å². The van der Waals surface area contributed by atoms with E-state index in [4.69, 9.17) is 14.2 Å². The van der Waals surface area contributed by atoms with Crippen molar-refractivity contribution in [2.45, 2.75) is 89.4 Å². The summed E-state index contributed by atoms with van der Waals surface area (Å²) in [5, 5.41) is 0. The monoisotopic (exact) mass is 410 g/mol. The van der Waals surface area contributed by atoms with Crippen LogP contribution in [-0.4, -0.2) is 79.0 Å². The van der Waals surface area contributed by atoms with Crippen LogP contribution in [0.4, 0.5) is 0 Å². The molecule has 0 aromatic heterocycles. The maximum atomic E-state index is 13.7. The van der Waals surface area contributed by atoms with Crippen LogP contribution < -0.4 is 0 Å². The molecule has 7 nitrogen and oxygen atoms in total. The lowest BCUT2D eigenvalue weighted by Crippen LogP contribution is -2.68. The quantitative estimate of drug-likeness (QED) is 0.472. The number of carbonyl (C=O) groups excluding carboxylic acids is 2. The lowest BCUT2D eigenvalue weighted by molar-refractivity contribution is -0.274. The molecule has 0 bridgehead atoms. The smallest absolute Gasteiger partial charge is 0.371 e. The van der Waals surface area contributed by atoms with E-state index in [1.165, 1.54) is 0 Å². The second kappa shape index (κ2) is 9.41. The van der Waals surface area contributed by atoms with E-state index >= 15 is 0 Å². The van der Waals surface area contributed by atoms with Gasteiger partial charge in [-0.15, -0.1) is 0 Å². The number of rotatable bonds is 7. The summed E-state index contributed by atoms with van der Waals surface area (Å²) in [5.74, 6) is -1.42. The number of esters is 1. The highest BCUT2D eigenvalue weighted by Crippen LogP contribution is 2.37. The predicted octanol–water partition coefficient (Wildman–Crippen LogP) is 2.57. The summed E-state index contributed by atoms with van der Waals surface area (Å²) >= 11 is 0. The maximum Gasteiger partial charge on any atom is 0.371 e. The molecule has 29 heavy (non-hydrogen) atoms. The summed E-state index contributed by atoms with van der Waals surface area (Å²) in [5.41, 5.74) is -0.596. The van der Waals surface area contributed by atoms with Crippen molar-refractivity contribution in [2.75, 3.05) is 33.3 Å². The molecule has 0 radical (unpaired) electrons. The van der Waals surface area contributed by atoms with Gasteiger partial charge in [0.15, 0.2) is 0 Å². The minimum atomic E-state index is -1.21. The van der Waals surface area contributed by atoms with Gasteiger partial charge in [0.25, 0.3) is 5.85 Å². The van der Waals surface area contributed by atoms with E-state index in [0.29, 0.717) is 6.54 Å². The number of aldehydes is 1. The van der Waals surface area contributed by atoms with E-state index in [1.807, 2.05) is 20.8 Å². The van der Waals surface area contributed by atoms with Crippen molar-refractivity contribution in [3.8, 4) is 0 Å². The zero-order chi connectivity index (χ0) is 21.1. The SMILES string of the molecule is CO[C@@H]1CCN(C(OC2CCC(C=O)CC2)(C(=O)OC(C)(C)C)N2CCCC2)C1. The van der Waals surface area contributed by atoms with Gasteiger partial charge in [-0.3, -0.25) is 9.80 Å². The molecule has 166 valence electrons. The summed E-state index contributed by atoms with van der Waals surface area (Å²) in [6, 6.07) is 0. The molecule has 3 aliphatic rings. The molecule has 2 heterocycles. The number of ether oxygens (including phenoxy) is 3. The third-order valence-electron chi connectivity index (χ3n) is 6.35. The molecule has 1 aliphatic carbocycles. The van der Waals surface area contributed by atoms with Gasteiger partial charge in [0.05, 0.1) is 12.2 Å². The Morgan fingerprint density at radius 2 is 1.59 bits per heavy atom. The van der Waals surface area contributed by atoms with E-state index in [2.05, 4.69) is 9.80 Å². The molecule has 2 saturated heterocycles. The van der Waals surface area contributed by atoms with Crippen molar-refractivity contribution in [1.82, 2.24) is 9.80 Å². The Morgan fingerprint density at radius 1 is 0.931 bits per heavy atom. The number of hydrogen-bond donors (Lipinski definition) is 0. The molecular formula is C22H38N2O5. The zero-order valence-electron chi connectivity index (χ0n) is 18.5. The fourth-order valence-electron chi connectivity index (χ4n) is 4.79. The normalized spacial score (nSPS) is 31.5. The van der Waals surface area contributed by atoms with Crippen LogP contribution >= 0.6 is 0 Å². The van der Waals surface area contributed by atoms with Gasteiger partial charge in [-0.2, -0.15) is 0 Å². The number of carbonyl (C=O) groups is 2. The number of nitrogens with zero attached hydrogens (tertiary/aromatic N) is 2. The van der Waals surface area contributed by atoms with Crippen LogP contribution in [0.25, 0.3) is 0 Å². The van der Waals surface area contributed by atoms with Crippen molar-refractivity contribution < 1.29 is 23.8 Å². The molecule has 7 heteroatoms. The molecule has 1 unspecified atom stereocenters. The Morgan fingerprint density at radius 3 is 2.10 bits per heavy atom. The van der Waals surface area contributed by atoms with Gasteiger partial charge < -0.3 is 19.0 Å². The summed E-state index contributed by atoms with van der Waals surface area (Å²) in [6.45, 7) is 8.71. The first-order chi connectivity index (χ1) is 13.8. The van der Waals surface area contributed by atoms with Gasteiger partial charge >= 0.3 is 5.97 Å². The first-order valence-electron chi connectivity index (χ1n) is 11.2. The summed E-state index contributed by atoms with van der Waals surface area (Å²) in [4.78, 5) is 29.2.